The van der Waals surface area contributed by atoms with E-state index in [1.807, 2.05) is 18.2 Å². The summed E-state index contributed by atoms with van der Waals surface area (Å²) in [4.78, 5) is 2.69. The zero-order valence-corrected chi connectivity index (χ0v) is 19.9. The SMILES string of the molecule is OCCC/C(=C(\c1ccc(O)cc1)c1cccc(C2CCN(C3CC3)CC2)c1)c1ccccc1. The van der Waals surface area contributed by atoms with Crippen LogP contribution in [0.2, 0.25) is 0 Å². The molecule has 2 N–H and O–H groups in total. The number of nitrogens with zero attached hydrogens (tertiary/aromatic N) is 1. The van der Waals surface area contributed by atoms with E-state index < -0.39 is 0 Å². The molecule has 0 unspecified atom stereocenters. The molecule has 0 amide bonds. The summed E-state index contributed by atoms with van der Waals surface area (Å²) in [7, 11) is 0. The highest BCUT2D eigenvalue weighted by Crippen LogP contribution is 2.39. The smallest absolute Gasteiger partial charge is 0.115 e. The normalized spacial score (nSPS) is 18.0. The lowest BCUT2D eigenvalue weighted by Gasteiger charge is -2.32. The van der Waals surface area contributed by atoms with E-state index in [-0.39, 0.29) is 12.4 Å². The Kier molecular flexibility index (Phi) is 7.13. The molecule has 3 aromatic rings. The van der Waals surface area contributed by atoms with Crippen LogP contribution in [0.1, 0.15) is 66.7 Å². The van der Waals surface area contributed by atoms with Crippen molar-refractivity contribution in [2.45, 2.75) is 50.5 Å². The zero-order valence-electron chi connectivity index (χ0n) is 19.9. The molecule has 176 valence electrons. The van der Waals surface area contributed by atoms with E-state index in [4.69, 9.17) is 0 Å². The van der Waals surface area contributed by atoms with Crippen molar-refractivity contribution in [2.24, 2.45) is 0 Å². The van der Waals surface area contributed by atoms with E-state index in [9.17, 15) is 10.2 Å². The molecule has 0 atom stereocenters. The average molecular weight is 454 g/mol. The lowest BCUT2D eigenvalue weighted by atomic mass is 9.84. The molecule has 1 saturated carbocycles. The number of benzene rings is 3. The second kappa shape index (κ2) is 10.6. The van der Waals surface area contributed by atoms with Gasteiger partial charge in [-0.2, -0.15) is 0 Å². The molecule has 2 aliphatic rings. The lowest BCUT2D eigenvalue weighted by molar-refractivity contribution is 0.203. The highest BCUT2D eigenvalue weighted by Gasteiger charge is 2.32. The van der Waals surface area contributed by atoms with Crippen LogP contribution in [0, 0.1) is 0 Å². The molecule has 1 heterocycles. The van der Waals surface area contributed by atoms with Gasteiger partial charge in [-0.3, -0.25) is 0 Å². The van der Waals surface area contributed by atoms with Gasteiger partial charge in [-0.05, 0) is 103 Å². The summed E-state index contributed by atoms with van der Waals surface area (Å²) in [5, 5.41) is 19.6. The summed E-state index contributed by atoms with van der Waals surface area (Å²) in [5.74, 6) is 0.879. The summed E-state index contributed by atoms with van der Waals surface area (Å²) in [6, 6.07) is 28.0. The predicted octanol–water partition coefficient (Wildman–Crippen LogP) is 6.47. The molecule has 5 rings (SSSR count). The van der Waals surface area contributed by atoms with Crippen LogP contribution in [0.3, 0.4) is 0 Å². The number of aliphatic hydroxyl groups is 1. The Balaban J connectivity index is 1.56. The number of phenols is 1. The van der Waals surface area contributed by atoms with Crippen molar-refractivity contribution in [2.75, 3.05) is 19.7 Å². The standard InChI is InChI=1S/C31H35NO2/c33-21-5-10-30(24-6-2-1-3-7-24)31(25-11-15-29(34)16-12-25)27-9-4-8-26(22-27)23-17-19-32(20-18-23)28-13-14-28/h1-4,6-9,11-12,15-16,22-23,28,33-34H,5,10,13-14,17-21H2/b31-30-. The first kappa shape index (κ1) is 22.9. The number of allylic oxidation sites excluding steroid dienone is 1. The second-order valence-electron chi connectivity index (χ2n) is 9.76. The van der Waals surface area contributed by atoms with Crippen LogP contribution >= 0.6 is 0 Å². The van der Waals surface area contributed by atoms with Gasteiger partial charge in [0.2, 0.25) is 0 Å². The molecule has 1 saturated heterocycles. The van der Waals surface area contributed by atoms with Gasteiger partial charge >= 0.3 is 0 Å². The second-order valence-corrected chi connectivity index (χ2v) is 9.76. The fraction of sp³-hybridized carbons (Fsp3) is 0.355. The Morgan fingerprint density at radius 3 is 2.15 bits per heavy atom. The first-order valence-corrected chi connectivity index (χ1v) is 12.8. The molecular formula is C31H35NO2. The number of phenolic OH excluding ortho intramolecular Hbond substituents is 1. The van der Waals surface area contributed by atoms with Crippen LogP contribution in [0.15, 0.2) is 78.9 Å². The van der Waals surface area contributed by atoms with Crippen molar-refractivity contribution >= 4 is 11.1 Å². The van der Waals surface area contributed by atoms with Crippen LogP contribution in [0.25, 0.3) is 11.1 Å². The van der Waals surface area contributed by atoms with Crippen LogP contribution in [-0.2, 0) is 0 Å². The molecule has 0 radical (unpaired) electrons. The van der Waals surface area contributed by atoms with Crippen LogP contribution in [0.4, 0.5) is 0 Å². The Morgan fingerprint density at radius 2 is 1.47 bits per heavy atom. The first-order valence-electron chi connectivity index (χ1n) is 12.8. The zero-order chi connectivity index (χ0) is 23.3. The van der Waals surface area contributed by atoms with Crippen molar-refractivity contribution in [3.63, 3.8) is 0 Å². The Bertz CT molecular complexity index is 1110. The number of likely N-dealkylation sites (tertiary alicyclic amines) is 1. The number of hydrogen-bond donors (Lipinski definition) is 2. The number of piperidine rings is 1. The van der Waals surface area contributed by atoms with Gasteiger partial charge in [0.25, 0.3) is 0 Å². The number of aromatic hydroxyl groups is 1. The van der Waals surface area contributed by atoms with Crippen molar-refractivity contribution in [3.8, 4) is 5.75 Å². The van der Waals surface area contributed by atoms with E-state index in [1.54, 1.807) is 12.1 Å². The quantitative estimate of drug-likeness (QED) is 0.384. The fourth-order valence-corrected chi connectivity index (χ4v) is 5.44. The van der Waals surface area contributed by atoms with E-state index in [0.29, 0.717) is 12.3 Å². The molecule has 0 bridgehead atoms. The summed E-state index contributed by atoms with van der Waals surface area (Å²) < 4.78 is 0. The van der Waals surface area contributed by atoms with E-state index in [2.05, 4.69) is 53.4 Å². The van der Waals surface area contributed by atoms with Crippen molar-refractivity contribution < 1.29 is 10.2 Å². The third-order valence-electron chi connectivity index (χ3n) is 7.40. The Hall–Kier alpha value is -2.88. The van der Waals surface area contributed by atoms with Crippen LogP contribution in [-0.4, -0.2) is 40.9 Å². The molecule has 0 spiro atoms. The maximum absolute atomic E-state index is 9.93. The van der Waals surface area contributed by atoms with Gasteiger partial charge in [0, 0.05) is 12.6 Å². The number of hydrogen-bond acceptors (Lipinski definition) is 3. The number of aliphatic hydroxyl groups excluding tert-OH is 1. The van der Waals surface area contributed by atoms with Crippen molar-refractivity contribution in [1.29, 1.82) is 0 Å². The summed E-state index contributed by atoms with van der Waals surface area (Å²) >= 11 is 0. The molecular weight excluding hydrogens is 418 g/mol. The summed E-state index contributed by atoms with van der Waals surface area (Å²) in [5.41, 5.74) is 7.35. The van der Waals surface area contributed by atoms with Crippen LogP contribution < -0.4 is 0 Å². The molecule has 3 heteroatoms. The minimum atomic E-state index is 0.165. The monoisotopic (exact) mass is 453 g/mol. The highest BCUT2D eigenvalue weighted by molar-refractivity contribution is 5.98. The fourth-order valence-electron chi connectivity index (χ4n) is 5.44. The van der Waals surface area contributed by atoms with Gasteiger partial charge in [0.1, 0.15) is 5.75 Å². The first-order chi connectivity index (χ1) is 16.7. The van der Waals surface area contributed by atoms with Gasteiger partial charge in [0.15, 0.2) is 0 Å². The van der Waals surface area contributed by atoms with Gasteiger partial charge in [0.05, 0.1) is 0 Å². The average Bonchev–Trinajstić information content (AvgIpc) is 3.74. The van der Waals surface area contributed by atoms with Gasteiger partial charge < -0.3 is 15.1 Å². The minimum Gasteiger partial charge on any atom is -0.508 e. The van der Waals surface area contributed by atoms with Crippen molar-refractivity contribution in [3.05, 3.63) is 101 Å². The van der Waals surface area contributed by atoms with E-state index in [0.717, 1.165) is 18.0 Å². The maximum atomic E-state index is 9.93. The summed E-state index contributed by atoms with van der Waals surface area (Å²) in [6.07, 6.45) is 6.74. The Labute approximate surface area is 203 Å². The lowest BCUT2D eigenvalue weighted by Crippen LogP contribution is -2.34. The molecule has 3 aromatic carbocycles. The molecule has 1 aliphatic carbocycles. The summed E-state index contributed by atoms with van der Waals surface area (Å²) in [6.45, 7) is 2.59. The molecule has 3 nitrogen and oxygen atoms in total. The molecule has 2 fully saturated rings. The molecule has 34 heavy (non-hydrogen) atoms. The maximum Gasteiger partial charge on any atom is 0.115 e. The van der Waals surface area contributed by atoms with Gasteiger partial charge in [-0.1, -0.05) is 66.7 Å². The minimum absolute atomic E-state index is 0.165. The van der Waals surface area contributed by atoms with Gasteiger partial charge in [-0.15, -0.1) is 0 Å². The third kappa shape index (κ3) is 5.27. The molecule has 0 aromatic heterocycles. The Morgan fingerprint density at radius 1 is 0.765 bits per heavy atom. The molecule has 1 aliphatic heterocycles. The largest absolute Gasteiger partial charge is 0.508 e. The van der Waals surface area contributed by atoms with E-state index >= 15 is 0 Å². The van der Waals surface area contributed by atoms with Crippen LogP contribution in [0.5, 0.6) is 5.75 Å². The van der Waals surface area contributed by atoms with Crippen molar-refractivity contribution in [1.82, 2.24) is 4.90 Å². The topological polar surface area (TPSA) is 43.7 Å². The number of rotatable bonds is 8. The van der Waals surface area contributed by atoms with E-state index in [1.165, 1.54) is 66.6 Å². The van der Waals surface area contributed by atoms with Gasteiger partial charge in [-0.25, -0.2) is 0 Å². The highest BCUT2D eigenvalue weighted by atomic mass is 16.3. The third-order valence-corrected chi connectivity index (χ3v) is 7.40. The predicted molar refractivity (Wildman–Crippen MR) is 140 cm³/mol.